The Hall–Kier alpha value is -3.58. The van der Waals surface area contributed by atoms with Gasteiger partial charge in [0.25, 0.3) is 0 Å². The van der Waals surface area contributed by atoms with Crippen LogP contribution in [-0.4, -0.2) is 33.0 Å². The van der Waals surface area contributed by atoms with E-state index in [1.807, 2.05) is 35.8 Å². The number of nitrogens with one attached hydrogen (secondary N) is 1. The number of amides is 1. The van der Waals surface area contributed by atoms with Gasteiger partial charge in [0.2, 0.25) is 5.91 Å². The van der Waals surface area contributed by atoms with Crippen LogP contribution in [0.25, 0.3) is 17.1 Å². The smallest absolute Gasteiger partial charge is 0.234 e. The Morgan fingerprint density at radius 3 is 2.22 bits per heavy atom. The quantitative estimate of drug-likeness (QED) is 0.274. The first kappa shape index (κ1) is 25.5. The molecule has 36 heavy (non-hydrogen) atoms. The number of aromatic nitrogens is 3. The fourth-order valence-corrected chi connectivity index (χ4v) is 4.48. The number of nitrogens with zero attached hydrogens (tertiary/aromatic N) is 3. The lowest BCUT2D eigenvalue weighted by atomic mass is 9.87. The molecule has 1 N–H and O–H groups in total. The van der Waals surface area contributed by atoms with Crippen molar-refractivity contribution < 1.29 is 9.53 Å². The van der Waals surface area contributed by atoms with Gasteiger partial charge < -0.3 is 10.1 Å². The highest BCUT2D eigenvalue weighted by Crippen LogP contribution is 2.30. The molecule has 0 bridgehead atoms. The fraction of sp³-hybridized carbons (Fsp3) is 0.276. The lowest BCUT2D eigenvalue weighted by molar-refractivity contribution is -0.113. The molecule has 4 rings (SSSR count). The maximum atomic E-state index is 12.7. The maximum absolute atomic E-state index is 12.7. The van der Waals surface area contributed by atoms with Crippen molar-refractivity contribution in [2.24, 2.45) is 0 Å². The van der Waals surface area contributed by atoms with E-state index in [4.69, 9.17) is 4.74 Å². The van der Waals surface area contributed by atoms with E-state index >= 15 is 0 Å². The lowest BCUT2D eigenvalue weighted by Crippen LogP contribution is -2.14. The van der Waals surface area contributed by atoms with E-state index < -0.39 is 0 Å². The van der Waals surface area contributed by atoms with E-state index in [0.717, 1.165) is 28.5 Å². The van der Waals surface area contributed by atoms with Gasteiger partial charge in [0.15, 0.2) is 11.0 Å². The van der Waals surface area contributed by atoms with Gasteiger partial charge in [-0.05, 0) is 61.2 Å². The first-order valence-corrected chi connectivity index (χ1v) is 13.0. The molecule has 3 aromatic carbocycles. The van der Waals surface area contributed by atoms with Crippen molar-refractivity contribution in [2.45, 2.75) is 45.2 Å². The molecular weight excluding hydrogens is 468 g/mol. The number of hydrogen-bond acceptors (Lipinski definition) is 5. The molecule has 4 aromatic rings. The van der Waals surface area contributed by atoms with Crippen LogP contribution >= 0.6 is 11.8 Å². The van der Waals surface area contributed by atoms with E-state index in [0.29, 0.717) is 11.8 Å². The number of anilines is 1. The van der Waals surface area contributed by atoms with Crippen molar-refractivity contribution in [1.29, 1.82) is 0 Å². The average Bonchev–Trinajstić information content (AvgIpc) is 3.28. The second-order valence-electron chi connectivity index (χ2n) is 9.60. The maximum Gasteiger partial charge on any atom is 0.234 e. The highest BCUT2D eigenvalue weighted by atomic mass is 32.2. The van der Waals surface area contributed by atoms with Gasteiger partial charge in [-0.15, -0.1) is 10.2 Å². The SMILES string of the molecule is CCOc1ccc(NC(=O)CSc2nnc(-c3ccc(C(C)(C)C)cc3)n2-c2ccc(C)cc2)cc1. The highest BCUT2D eigenvalue weighted by Gasteiger charge is 2.19. The summed E-state index contributed by atoms with van der Waals surface area (Å²) in [6.07, 6.45) is 0. The number of benzene rings is 3. The van der Waals surface area contributed by atoms with Crippen molar-refractivity contribution in [3.8, 4) is 22.8 Å². The van der Waals surface area contributed by atoms with Crippen LogP contribution in [0.1, 0.15) is 38.8 Å². The first-order chi connectivity index (χ1) is 17.2. The predicted molar refractivity (Wildman–Crippen MR) is 147 cm³/mol. The molecule has 186 valence electrons. The van der Waals surface area contributed by atoms with E-state index in [2.05, 4.69) is 91.7 Å². The number of carbonyl (C=O) groups is 1. The summed E-state index contributed by atoms with van der Waals surface area (Å²) in [4.78, 5) is 12.7. The summed E-state index contributed by atoms with van der Waals surface area (Å²) < 4.78 is 7.47. The van der Waals surface area contributed by atoms with Crippen LogP contribution < -0.4 is 10.1 Å². The Bertz CT molecular complexity index is 1310. The molecule has 0 unspecified atom stereocenters. The molecule has 0 atom stereocenters. The second-order valence-corrected chi connectivity index (χ2v) is 10.5. The Balaban J connectivity index is 1.56. The third-order valence-corrected chi connectivity index (χ3v) is 6.65. The fourth-order valence-electron chi connectivity index (χ4n) is 3.72. The van der Waals surface area contributed by atoms with Gasteiger partial charge in [-0.2, -0.15) is 0 Å². The van der Waals surface area contributed by atoms with Crippen LogP contribution in [0.3, 0.4) is 0 Å². The van der Waals surface area contributed by atoms with Crippen LogP contribution in [0.2, 0.25) is 0 Å². The van der Waals surface area contributed by atoms with Crippen molar-refractivity contribution >= 4 is 23.4 Å². The molecule has 1 heterocycles. The average molecular weight is 501 g/mol. The molecule has 0 spiro atoms. The van der Waals surface area contributed by atoms with Crippen LogP contribution in [0, 0.1) is 6.92 Å². The number of hydrogen-bond donors (Lipinski definition) is 1. The number of thioether (sulfide) groups is 1. The normalized spacial score (nSPS) is 11.4. The standard InChI is InChI=1S/C29H32N4O2S/c1-6-35-25-17-13-23(14-18-25)30-26(34)19-36-28-32-31-27(33(28)24-15-7-20(2)8-16-24)21-9-11-22(12-10-21)29(3,4)5/h7-18H,6,19H2,1-5H3,(H,30,34). The van der Waals surface area contributed by atoms with E-state index in [9.17, 15) is 4.79 Å². The Morgan fingerprint density at radius 2 is 1.61 bits per heavy atom. The molecule has 0 fully saturated rings. The molecule has 7 heteroatoms. The summed E-state index contributed by atoms with van der Waals surface area (Å²) in [5.41, 5.74) is 5.15. The zero-order valence-corrected chi connectivity index (χ0v) is 22.2. The Labute approximate surface area is 217 Å². The van der Waals surface area contributed by atoms with Gasteiger partial charge in [0, 0.05) is 16.9 Å². The molecule has 0 saturated carbocycles. The minimum Gasteiger partial charge on any atom is -0.494 e. The highest BCUT2D eigenvalue weighted by molar-refractivity contribution is 7.99. The topological polar surface area (TPSA) is 69.0 Å². The van der Waals surface area contributed by atoms with Crippen LogP contribution in [0.5, 0.6) is 5.75 Å². The number of ether oxygens (including phenoxy) is 1. The van der Waals surface area contributed by atoms with Gasteiger partial charge in [-0.1, -0.05) is 74.5 Å². The van der Waals surface area contributed by atoms with Crippen molar-refractivity contribution in [2.75, 3.05) is 17.7 Å². The van der Waals surface area contributed by atoms with Crippen LogP contribution in [0.15, 0.2) is 78.0 Å². The monoisotopic (exact) mass is 500 g/mol. The summed E-state index contributed by atoms with van der Waals surface area (Å²) in [6.45, 7) is 11.2. The number of aryl methyl sites for hydroxylation is 1. The molecular formula is C29H32N4O2S. The van der Waals surface area contributed by atoms with Crippen LogP contribution in [-0.2, 0) is 10.2 Å². The molecule has 0 saturated heterocycles. The number of rotatable bonds is 8. The van der Waals surface area contributed by atoms with Gasteiger partial charge in [-0.3, -0.25) is 9.36 Å². The summed E-state index contributed by atoms with van der Waals surface area (Å²) in [5.74, 6) is 1.62. The molecule has 0 aliphatic rings. The van der Waals surface area contributed by atoms with Gasteiger partial charge in [0.05, 0.1) is 12.4 Å². The zero-order valence-electron chi connectivity index (χ0n) is 21.4. The zero-order chi connectivity index (χ0) is 25.7. The molecule has 0 aliphatic heterocycles. The summed E-state index contributed by atoms with van der Waals surface area (Å²) >= 11 is 1.36. The van der Waals surface area contributed by atoms with Gasteiger partial charge in [0.1, 0.15) is 5.75 Å². The largest absolute Gasteiger partial charge is 0.494 e. The predicted octanol–water partition coefficient (Wildman–Crippen LogP) is 6.67. The third kappa shape index (κ3) is 6.15. The second kappa shape index (κ2) is 11.0. The third-order valence-electron chi connectivity index (χ3n) is 5.72. The molecule has 1 aromatic heterocycles. The summed E-state index contributed by atoms with van der Waals surface area (Å²) in [6, 6.07) is 24.0. The summed E-state index contributed by atoms with van der Waals surface area (Å²) in [7, 11) is 0. The molecule has 6 nitrogen and oxygen atoms in total. The number of carbonyl (C=O) groups excluding carboxylic acids is 1. The van der Waals surface area contributed by atoms with Gasteiger partial charge in [-0.25, -0.2) is 0 Å². The Kier molecular flexibility index (Phi) is 7.79. The van der Waals surface area contributed by atoms with E-state index in [1.54, 1.807) is 0 Å². The minimum atomic E-state index is -0.112. The van der Waals surface area contributed by atoms with Crippen molar-refractivity contribution in [3.63, 3.8) is 0 Å². The van der Waals surface area contributed by atoms with E-state index in [-0.39, 0.29) is 17.1 Å². The van der Waals surface area contributed by atoms with E-state index in [1.165, 1.54) is 22.9 Å². The first-order valence-electron chi connectivity index (χ1n) is 12.0. The van der Waals surface area contributed by atoms with Crippen molar-refractivity contribution in [3.05, 3.63) is 83.9 Å². The molecule has 0 radical (unpaired) electrons. The molecule has 0 aliphatic carbocycles. The molecule has 1 amide bonds. The van der Waals surface area contributed by atoms with Crippen LogP contribution in [0.4, 0.5) is 5.69 Å². The lowest BCUT2D eigenvalue weighted by Gasteiger charge is -2.19. The van der Waals surface area contributed by atoms with Gasteiger partial charge >= 0.3 is 0 Å². The summed E-state index contributed by atoms with van der Waals surface area (Å²) in [5, 5.41) is 12.6. The van der Waals surface area contributed by atoms with Crippen molar-refractivity contribution in [1.82, 2.24) is 14.8 Å². The Morgan fingerprint density at radius 1 is 0.944 bits per heavy atom. The minimum absolute atomic E-state index is 0.0703.